The number of nitrogens with zero attached hydrogens (tertiary/aromatic N) is 2. The van der Waals surface area contributed by atoms with Crippen LogP contribution in [0.25, 0.3) is 22.3 Å². The zero-order valence-electron chi connectivity index (χ0n) is 20.5. The van der Waals surface area contributed by atoms with E-state index in [9.17, 15) is 18.0 Å². The molecule has 5 nitrogen and oxygen atoms in total. The number of pyridine rings is 1. The Morgan fingerprint density at radius 2 is 1.75 bits per heavy atom. The third-order valence-electron chi connectivity index (χ3n) is 6.66. The summed E-state index contributed by atoms with van der Waals surface area (Å²) < 4.78 is 41.2. The molecule has 0 spiro atoms. The minimum atomic E-state index is -2.41. The number of amides is 1. The summed E-state index contributed by atoms with van der Waals surface area (Å²) in [6.45, 7) is 4.81. The fraction of sp³-hybridized carbons (Fsp3) is 0.357. The zero-order valence-corrected chi connectivity index (χ0v) is 20.5. The van der Waals surface area contributed by atoms with Crippen molar-refractivity contribution in [3.05, 3.63) is 71.2 Å². The summed E-state index contributed by atoms with van der Waals surface area (Å²) in [5, 5.41) is 2.82. The SMILES string of the molecule is CCCN(CC(F)F)C(CC)c1ccc(-c2cc(-c3ccc4c(c3)CCNC4=O)c(N)nc2F)cc1. The standard InChI is InChI=1S/C28H31F3N4O/c1-3-13-35(16-25(29)30)24(4-2)18-7-5-17(6-8-18)22-15-23(27(32)34-26(22)31)19-9-10-21-20(14-19)11-12-33-28(21)36/h5-10,14-15,24-25H,3-4,11-13,16H2,1-2H3,(H2,32,34)(H,33,36). The smallest absolute Gasteiger partial charge is 0.251 e. The minimum Gasteiger partial charge on any atom is -0.383 e. The molecule has 1 atom stereocenters. The van der Waals surface area contributed by atoms with Gasteiger partial charge in [-0.25, -0.2) is 13.8 Å². The predicted molar refractivity (Wildman–Crippen MR) is 136 cm³/mol. The lowest BCUT2D eigenvalue weighted by atomic mass is 9.93. The maximum absolute atomic E-state index is 14.9. The van der Waals surface area contributed by atoms with Crippen molar-refractivity contribution in [3.63, 3.8) is 0 Å². The fourth-order valence-electron chi connectivity index (χ4n) is 4.96. The fourth-order valence-corrected chi connectivity index (χ4v) is 4.96. The third kappa shape index (κ3) is 5.38. The van der Waals surface area contributed by atoms with Gasteiger partial charge in [0.2, 0.25) is 5.95 Å². The number of halogens is 3. The predicted octanol–water partition coefficient (Wildman–Crippen LogP) is 5.85. The summed E-state index contributed by atoms with van der Waals surface area (Å²) in [6.07, 6.45) is -0.239. The molecule has 1 amide bonds. The summed E-state index contributed by atoms with van der Waals surface area (Å²) in [7, 11) is 0. The van der Waals surface area contributed by atoms with Crippen LogP contribution in [0.15, 0.2) is 48.5 Å². The molecule has 1 aliphatic rings. The Labute approximate surface area is 209 Å². The van der Waals surface area contributed by atoms with E-state index in [1.165, 1.54) is 0 Å². The molecule has 2 heterocycles. The molecule has 3 N–H and O–H groups in total. The van der Waals surface area contributed by atoms with Gasteiger partial charge in [0.25, 0.3) is 12.3 Å². The van der Waals surface area contributed by atoms with Crippen LogP contribution < -0.4 is 11.1 Å². The van der Waals surface area contributed by atoms with Crippen molar-refractivity contribution in [2.75, 3.05) is 25.4 Å². The Kier molecular flexibility index (Phi) is 7.94. The number of rotatable bonds is 9. The number of carbonyl (C=O) groups is 1. The van der Waals surface area contributed by atoms with Crippen molar-refractivity contribution < 1.29 is 18.0 Å². The second kappa shape index (κ2) is 11.1. The molecule has 4 rings (SSSR count). The van der Waals surface area contributed by atoms with E-state index in [-0.39, 0.29) is 24.3 Å². The molecule has 0 fully saturated rings. The van der Waals surface area contributed by atoms with Crippen molar-refractivity contribution >= 4 is 11.7 Å². The van der Waals surface area contributed by atoms with Crippen molar-refractivity contribution in [2.24, 2.45) is 0 Å². The molecule has 3 aromatic rings. The van der Waals surface area contributed by atoms with Crippen LogP contribution in [-0.4, -0.2) is 41.9 Å². The van der Waals surface area contributed by atoms with Crippen LogP contribution in [0.5, 0.6) is 0 Å². The number of fused-ring (bicyclic) bond motifs is 1. The lowest BCUT2D eigenvalue weighted by Crippen LogP contribution is -2.33. The van der Waals surface area contributed by atoms with E-state index in [2.05, 4.69) is 10.3 Å². The molecule has 1 unspecified atom stereocenters. The average Bonchev–Trinajstić information content (AvgIpc) is 2.85. The van der Waals surface area contributed by atoms with Gasteiger partial charge in [-0.3, -0.25) is 9.69 Å². The first kappa shape index (κ1) is 25.7. The summed E-state index contributed by atoms with van der Waals surface area (Å²) in [5.74, 6) is -0.717. The maximum Gasteiger partial charge on any atom is 0.251 e. The largest absolute Gasteiger partial charge is 0.383 e. The van der Waals surface area contributed by atoms with Gasteiger partial charge in [-0.15, -0.1) is 0 Å². The van der Waals surface area contributed by atoms with E-state index in [0.29, 0.717) is 48.2 Å². The van der Waals surface area contributed by atoms with E-state index in [1.807, 2.05) is 32.0 Å². The molecular formula is C28H31F3N4O. The lowest BCUT2D eigenvalue weighted by molar-refractivity contribution is 0.0637. The van der Waals surface area contributed by atoms with Gasteiger partial charge in [0.05, 0.1) is 6.54 Å². The Morgan fingerprint density at radius 3 is 2.42 bits per heavy atom. The molecule has 0 radical (unpaired) electrons. The van der Waals surface area contributed by atoms with Gasteiger partial charge in [-0.2, -0.15) is 4.39 Å². The van der Waals surface area contributed by atoms with Crippen molar-refractivity contribution in [2.45, 2.75) is 45.6 Å². The number of benzene rings is 2. The number of nitrogen functional groups attached to an aromatic ring is 1. The Balaban J connectivity index is 1.66. The summed E-state index contributed by atoms with van der Waals surface area (Å²) in [5.41, 5.74) is 10.8. The molecule has 36 heavy (non-hydrogen) atoms. The van der Waals surface area contributed by atoms with Crippen LogP contribution in [0.1, 0.15) is 54.2 Å². The summed E-state index contributed by atoms with van der Waals surface area (Å²) in [4.78, 5) is 17.8. The highest BCUT2D eigenvalue weighted by Crippen LogP contribution is 2.34. The van der Waals surface area contributed by atoms with E-state index < -0.39 is 12.4 Å². The van der Waals surface area contributed by atoms with Crippen LogP contribution >= 0.6 is 0 Å². The van der Waals surface area contributed by atoms with Gasteiger partial charge in [0.15, 0.2) is 0 Å². The summed E-state index contributed by atoms with van der Waals surface area (Å²) in [6, 6.07) is 14.3. The molecule has 0 bridgehead atoms. The van der Waals surface area contributed by atoms with Crippen molar-refractivity contribution in [1.29, 1.82) is 0 Å². The van der Waals surface area contributed by atoms with E-state index in [4.69, 9.17) is 5.73 Å². The number of anilines is 1. The number of carbonyl (C=O) groups excluding carboxylic acids is 1. The van der Waals surface area contributed by atoms with Crippen molar-refractivity contribution in [1.82, 2.24) is 15.2 Å². The normalized spacial score (nSPS) is 14.1. The van der Waals surface area contributed by atoms with Crippen LogP contribution in [0, 0.1) is 5.95 Å². The second-order valence-corrected chi connectivity index (χ2v) is 9.07. The van der Waals surface area contributed by atoms with Crippen LogP contribution in [-0.2, 0) is 6.42 Å². The number of aromatic nitrogens is 1. The molecule has 8 heteroatoms. The molecule has 1 aliphatic heterocycles. The van der Waals surface area contributed by atoms with Crippen LogP contribution in [0.3, 0.4) is 0 Å². The van der Waals surface area contributed by atoms with Crippen LogP contribution in [0.4, 0.5) is 19.0 Å². The molecule has 0 aliphatic carbocycles. The first-order valence-corrected chi connectivity index (χ1v) is 12.3. The minimum absolute atomic E-state index is 0.0707. The van der Waals surface area contributed by atoms with Gasteiger partial charge >= 0.3 is 0 Å². The summed E-state index contributed by atoms with van der Waals surface area (Å²) >= 11 is 0. The Bertz CT molecular complexity index is 1230. The van der Waals surface area contributed by atoms with Gasteiger partial charge < -0.3 is 11.1 Å². The van der Waals surface area contributed by atoms with Gasteiger partial charge in [0.1, 0.15) is 5.82 Å². The first-order chi connectivity index (χ1) is 17.3. The number of hydrogen-bond acceptors (Lipinski definition) is 4. The Morgan fingerprint density at radius 1 is 1.03 bits per heavy atom. The van der Waals surface area contributed by atoms with E-state index in [0.717, 1.165) is 23.1 Å². The molecule has 0 saturated heterocycles. The highest BCUT2D eigenvalue weighted by atomic mass is 19.3. The molecule has 2 aromatic carbocycles. The van der Waals surface area contributed by atoms with Crippen molar-refractivity contribution in [3.8, 4) is 22.3 Å². The average molecular weight is 497 g/mol. The number of nitrogens with one attached hydrogen (secondary N) is 1. The zero-order chi connectivity index (χ0) is 25.8. The highest BCUT2D eigenvalue weighted by Gasteiger charge is 2.22. The molecule has 1 aromatic heterocycles. The van der Waals surface area contributed by atoms with Gasteiger partial charge in [-0.05, 0) is 60.2 Å². The second-order valence-electron chi connectivity index (χ2n) is 9.07. The highest BCUT2D eigenvalue weighted by molar-refractivity contribution is 5.97. The maximum atomic E-state index is 14.9. The quantitative estimate of drug-likeness (QED) is 0.365. The third-order valence-corrected chi connectivity index (χ3v) is 6.66. The number of nitrogens with two attached hydrogens (primary N) is 1. The first-order valence-electron chi connectivity index (χ1n) is 12.3. The molecule has 190 valence electrons. The van der Waals surface area contributed by atoms with E-state index >= 15 is 0 Å². The van der Waals surface area contributed by atoms with E-state index in [1.54, 1.807) is 35.2 Å². The number of alkyl halides is 2. The van der Waals surface area contributed by atoms with Gasteiger partial charge in [-0.1, -0.05) is 50.2 Å². The Hall–Kier alpha value is -3.39. The number of hydrogen-bond donors (Lipinski definition) is 2. The lowest BCUT2D eigenvalue weighted by Gasteiger charge is -2.31. The van der Waals surface area contributed by atoms with Crippen LogP contribution in [0.2, 0.25) is 0 Å². The monoisotopic (exact) mass is 496 g/mol. The topological polar surface area (TPSA) is 71.2 Å². The molecule has 0 saturated carbocycles. The molecular weight excluding hydrogens is 465 g/mol. The van der Waals surface area contributed by atoms with Gasteiger partial charge in [0, 0.05) is 29.3 Å².